The lowest BCUT2D eigenvalue weighted by Crippen LogP contribution is -2.15. The third kappa shape index (κ3) is 5.69. The molecule has 0 atom stereocenters. The summed E-state index contributed by atoms with van der Waals surface area (Å²) in [6.45, 7) is 6.86. The van der Waals surface area contributed by atoms with Crippen molar-refractivity contribution >= 4 is 28.7 Å². The van der Waals surface area contributed by atoms with Gasteiger partial charge in [0.05, 0.1) is 31.5 Å². The lowest BCUT2D eigenvalue weighted by molar-refractivity contribution is -0.144. The smallest absolute Gasteiger partial charge is 0.306 e. The highest BCUT2D eigenvalue weighted by Crippen LogP contribution is 2.26. The van der Waals surface area contributed by atoms with Gasteiger partial charge in [-0.2, -0.15) is 0 Å². The van der Waals surface area contributed by atoms with Gasteiger partial charge < -0.3 is 14.6 Å². The van der Waals surface area contributed by atoms with Crippen molar-refractivity contribution in [2.24, 2.45) is 0 Å². The molecule has 0 fully saturated rings. The Morgan fingerprint density at radius 1 is 1.13 bits per heavy atom. The van der Waals surface area contributed by atoms with Crippen molar-refractivity contribution in [1.82, 2.24) is 14.5 Å². The first-order chi connectivity index (χ1) is 15.0. The molecule has 7 heteroatoms. The van der Waals surface area contributed by atoms with E-state index in [4.69, 9.17) is 9.72 Å². The first-order valence-electron chi connectivity index (χ1n) is 10.9. The van der Waals surface area contributed by atoms with Crippen LogP contribution in [0, 0.1) is 6.92 Å². The summed E-state index contributed by atoms with van der Waals surface area (Å²) in [6, 6.07) is 10.3. The highest BCUT2D eigenvalue weighted by Gasteiger charge is 2.17. The van der Waals surface area contributed by atoms with Gasteiger partial charge in [0.2, 0.25) is 5.91 Å². The molecule has 1 aromatic carbocycles. The van der Waals surface area contributed by atoms with Crippen LogP contribution in [-0.4, -0.2) is 33.0 Å². The zero-order valence-corrected chi connectivity index (χ0v) is 18.5. The number of imidazole rings is 1. The van der Waals surface area contributed by atoms with E-state index in [9.17, 15) is 9.59 Å². The van der Waals surface area contributed by atoms with Gasteiger partial charge in [-0.1, -0.05) is 43.7 Å². The molecule has 1 N–H and O–H groups in total. The molecule has 0 spiro atoms. The number of rotatable bonds is 10. The molecule has 164 valence electrons. The minimum absolute atomic E-state index is 0.0568. The molecule has 3 rings (SSSR count). The van der Waals surface area contributed by atoms with Crippen molar-refractivity contribution in [3.63, 3.8) is 0 Å². The summed E-state index contributed by atoms with van der Waals surface area (Å²) in [6.07, 6.45) is 4.81. The second kappa shape index (κ2) is 10.7. The van der Waals surface area contributed by atoms with Gasteiger partial charge >= 0.3 is 5.97 Å². The second-order valence-corrected chi connectivity index (χ2v) is 7.53. The minimum Gasteiger partial charge on any atom is -0.466 e. The number of fused-ring (bicyclic) bond motifs is 1. The summed E-state index contributed by atoms with van der Waals surface area (Å²) in [7, 11) is 0. The fraction of sp³-hybridized carbons (Fsp3) is 0.417. The predicted molar refractivity (Wildman–Crippen MR) is 121 cm³/mol. The summed E-state index contributed by atoms with van der Waals surface area (Å²) in [4.78, 5) is 33.3. The first kappa shape index (κ1) is 22.5. The monoisotopic (exact) mass is 422 g/mol. The van der Waals surface area contributed by atoms with Crippen molar-refractivity contribution in [2.75, 3.05) is 11.9 Å². The Morgan fingerprint density at radius 2 is 1.90 bits per heavy atom. The molecule has 1 amide bonds. The van der Waals surface area contributed by atoms with E-state index >= 15 is 0 Å². The number of hydrogen-bond donors (Lipinski definition) is 1. The number of nitrogens with one attached hydrogen (secondary N) is 1. The van der Waals surface area contributed by atoms with Crippen molar-refractivity contribution in [3.05, 3.63) is 53.5 Å². The van der Waals surface area contributed by atoms with E-state index in [0.717, 1.165) is 41.8 Å². The highest BCUT2D eigenvalue weighted by molar-refractivity contribution is 5.95. The number of carbonyl (C=O) groups excluding carboxylic acids is 2. The Kier molecular flexibility index (Phi) is 7.76. The van der Waals surface area contributed by atoms with E-state index in [0.29, 0.717) is 18.8 Å². The molecule has 0 unspecified atom stereocenters. The number of anilines is 1. The number of aryl methyl sites for hydroxylation is 2. The van der Waals surface area contributed by atoms with Crippen LogP contribution >= 0.6 is 0 Å². The van der Waals surface area contributed by atoms with Crippen molar-refractivity contribution < 1.29 is 14.3 Å². The number of unbranched alkanes of at least 4 members (excludes halogenated alkanes) is 1. The van der Waals surface area contributed by atoms with Gasteiger partial charge in [-0.15, -0.1) is 0 Å². The molecule has 0 saturated heterocycles. The highest BCUT2D eigenvalue weighted by atomic mass is 16.5. The number of esters is 1. The quantitative estimate of drug-likeness (QED) is 0.489. The molecular formula is C24H30N4O3. The molecular weight excluding hydrogens is 392 g/mol. The molecule has 3 aromatic rings. The molecule has 0 aliphatic heterocycles. The Bertz CT molecular complexity index is 1040. The van der Waals surface area contributed by atoms with Crippen molar-refractivity contribution in [2.45, 2.75) is 59.4 Å². The average molecular weight is 423 g/mol. The molecule has 0 radical (unpaired) electrons. The van der Waals surface area contributed by atoms with Gasteiger partial charge in [0.25, 0.3) is 0 Å². The van der Waals surface area contributed by atoms with Gasteiger partial charge in [0.1, 0.15) is 11.3 Å². The number of benzene rings is 1. The van der Waals surface area contributed by atoms with Gasteiger partial charge in [-0.3, -0.25) is 9.59 Å². The van der Waals surface area contributed by atoms with E-state index in [-0.39, 0.29) is 24.7 Å². The van der Waals surface area contributed by atoms with E-state index in [1.807, 2.05) is 25.1 Å². The zero-order chi connectivity index (χ0) is 22.2. The lowest BCUT2D eigenvalue weighted by Gasteiger charge is -2.10. The maximum Gasteiger partial charge on any atom is 0.306 e. The van der Waals surface area contributed by atoms with Crippen LogP contribution < -0.4 is 5.32 Å². The van der Waals surface area contributed by atoms with E-state index in [1.165, 1.54) is 5.56 Å². The van der Waals surface area contributed by atoms with Crippen molar-refractivity contribution in [1.29, 1.82) is 0 Å². The standard InChI is InChI=1S/C24H30N4O3/c1-4-6-12-20-27-23-17(3)19(26-21(29)13-14-22(30)31-5-2)15-25-24(23)28(20)16-18-10-8-7-9-11-18/h7-11,15H,4-6,12-14,16H2,1-3H3,(H,26,29). The Hall–Kier alpha value is -3.22. The number of ether oxygens (including phenoxy) is 1. The zero-order valence-electron chi connectivity index (χ0n) is 18.5. The van der Waals surface area contributed by atoms with Crippen molar-refractivity contribution in [3.8, 4) is 0 Å². The molecule has 2 heterocycles. The number of pyridine rings is 1. The van der Waals surface area contributed by atoms with Crippen LogP contribution in [0.3, 0.4) is 0 Å². The largest absolute Gasteiger partial charge is 0.466 e. The topological polar surface area (TPSA) is 86.1 Å². The molecule has 0 aliphatic rings. The van der Waals surface area contributed by atoms with Crippen LogP contribution in [0.1, 0.15) is 56.5 Å². The first-order valence-corrected chi connectivity index (χ1v) is 10.9. The van der Waals surface area contributed by atoms with Crippen LogP contribution in [-0.2, 0) is 27.3 Å². The van der Waals surface area contributed by atoms with Gasteiger partial charge in [0.15, 0.2) is 5.65 Å². The van der Waals surface area contributed by atoms with Crippen LogP contribution in [0.25, 0.3) is 11.2 Å². The van der Waals surface area contributed by atoms with E-state index < -0.39 is 0 Å². The predicted octanol–water partition coefficient (Wildman–Crippen LogP) is 4.41. The average Bonchev–Trinajstić information content (AvgIpc) is 3.12. The third-order valence-electron chi connectivity index (χ3n) is 5.17. The normalized spacial score (nSPS) is 10.9. The lowest BCUT2D eigenvalue weighted by atomic mass is 10.2. The summed E-state index contributed by atoms with van der Waals surface area (Å²) in [5.41, 5.74) is 4.30. The van der Waals surface area contributed by atoms with Crippen LogP contribution in [0.4, 0.5) is 5.69 Å². The van der Waals surface area contributed by atoms with Crippen LogP contribution in [0.15, 0.2) is 36.5 Å². The Morgan fingerprint density at radius 3 is 2.61 bits per heavy atom. The maximum atomic E-state index is 12.3. The van der Waals surface area contributed by atoms with E-state index in [1.54, 1.807) is 13.1 Å². The number of amides is 1. The molecule has 0 bridgehead atoms. The molecule has 31 heavy (non-hydrogen) atoms. The third-order valence-corrected chi connectivity index (χ3v) is 5.17. The second-order valence-electron chi connectivity index (χ2n) is 7.53. The Balaban J connectivity index is 1.85. The molecule has 2 aromatic heterocycles. The van der Waals surface area contributed by atoms with Crippen LogP contribution in [0.2, 0.25) is 0 Å². The van der Waals surface area contributed by atoms with Crippen LogP contribution in [0.5, 0.6) is 0 Å². The molecule has 0 saturated carbocycles. The molecule has 0 aliphatic carbocycles. The fourth-order valence-corrected chi connectivity index (χ4v) is 3.47. The summed E-state index contributed by atoms with van der Waals surface area (Å²) < 4.78 is 7.04. The number of carbonyl (C=O) groups is 2. The van der Waals surface area contributed by atoms with E-state index in [2.05, 4.69) is 33.9 Å². The summed E-state index contributed by atoms with van der Waals surface area (Å²) in [5.74, 6) is 0.387. The number of aromatic nitrogens is 3. The number of nitrogens with zero attached hydrogens (tertiary/aromatic N) is 3. The Labute approximate surface area is 182 Å². The summed E-state index contributed by atoms with van der Waals surface area (Å²) >= 11 is 0. The van der Waals surface area contributed by atoms with Gasteiger partial charge in [-0.05, 0) is 25.8 Å². The minimum atomic E-state index is -0.372. The maximum absolute atomic E-state index is 12.3. The van der Waals surface area contributed by atoms with Gasteiger partial charge in [-0.25, -0.2) is 9.97 Å². The molecule has 7 nitrogen and oxygen atoms in total. The fourth-order valence-electron chi connectivity index (χ4n) is 3.47. The summed E-state index contributed by atoms with van der Waals surface area (Å²) in [5, 5.41) is 2.86. The SMILES string of the molecule is CCCCc1nc2c(C)c(NC(=O)CCC(=O)OCC)cnc2n1Cc1ccccc1. The number of hydrogen-bond acceptors (Lipinski definition) is 5. The van der Waals surface area contributed by atoms with Gasteiger partial charge in [0, 0.05) is 18.4 Å².